The number of benzene rings is 1. The van der Waals surface area contributed by atoms with Gasteiger partial charge in [-0.2, -0.15) is 0 Å². The third-order valence-corrected chi connectivity index (χ3v) is 4.16. The van der Waals surface area contributed by atoms with E-state index in [0.29, 0.717) is 31.4 Å². The molecule has 0 aliphatic heterocycles. The third kappa shape index (κ3) is 4.17. The number of nitrogens with zero attached hydrogens (tertiary/aromatic N) is 1. The largest absolute Gasteiger partial charge is 0.492 e. The van der Waals surface area contributed by atoms with Crippen molar-refractivity contribution < 1.29 is 13.9 Å². The molecule has 116 valence electrons. The molecule has 0 heterocycles. The first kappa shape index (κ1) is 15.8. The predicted octanol–water partition coefficient (Wildman–Crippen LogP) is 2.04. The fourth-order valence-electron chi connectivity index (χ4n) is 2.87. The SMILES string of the molecule is CN(CCOc1ccc(F)cc1)C(=O)C1CCCC1CN. The van der Waals surface area contributed by atoms with Crippen molar-refractivity contribution in [3.8, 4) is 5.75 Å². The van der Waals surface area contributed by atoms with Crippen LogP contribution < -0.4 is 10.5 Å². The van der Waals surface area contributed by atoms with Gasteiger partial charge in [0.25, 0.3) is 0 Å². The molecule has 0 saturated heterocycles. The van der Waals surface area contributed by atoms with Crippen LogP contribution in [0.4, 0.5) is 4.39 Å². The van der Waals surface area contributed by atoms with Crippen LogP contribution >= 0.6 is 0 Å². The molecule has 1 aromatic carbocycles. The number of carbonyl (C=O) groups excluding carboxylic acids is 1. The lowest BCUT2D eigenvalue weighted by Crippen LogP contribution is -2.38. The summed E-state index contributed by atoms with van der Waals surface area (Å²) in [6, 6.07) is 5.88. The molecular weight excluding hydrogens is 271 g/mol. The van der Waals surface area contributed by atoms with E-state index in [4.69, 9.17) is 10.5 Å². The van der Waals surface area contributed by atoms with E-state index in [1.807, 2.05) is 0 Å². The molecular formula is C16H23FN2O2. The molecule has 2 unspecified atom stereocenters. The van der Waals surface area contributed by atoms with E-state index in [0.717, 1.165) is 19.3 Å². The molecule has 0 bridgehead atoms. The molecule has 2 N–H and O–H groups in total. The Labute approximate surface area is 125 Å². The van der Waals surface area contributed by atoms with Crippen LogP contribution in [-0.4, -0.2) is 37.6 Å². The van der Waals surface area contributed by atoms with Crippen LogP contribution in [-0.2, 0) is 4.79 Å². The predicted molar refractivity (Wildman–Crippen MR) is 79.4 cm³/mol. The van der Waals surface area contributed by atoms with Crippen molar-refractivity contribution in [1.29, 1.82) is 0 Å². The molecule has 0 aromatic heterocycles. The monoisotopic (exact) mass is 294 g/mol. The molecule has 21 heavy (non-hydrogen) atoms. The van der Waals surface area contributed by atoms with Gasteiger partial charge in [-0.05, 0) is 49.6 Å². The summed E-state index contributed by atoms with van der Waals surface area (Å²) in [5, 5.41) is 0. The normalized spacial score (nSPS) is 21.3. The van der Waals surface area contributed by atoms with E-state index in [9.17, 15) is 9.18 Å². The zero-order valence-electron chi connectivity index (χ0n) is 12.4. The van der Waals surface area contributed by atoms with Crippen molar-refractivity contribution in [3.63, 3.8) is 0 Å². The maximum Gasteiger partial charge on any atom is 0.225 e. The quantitative estimate of drug-likeness (QED) is 0.873. The molecule has 1 fully saturated rings. The number of likely N-dealkylation sites (N-methyl/N-ethyl adjacent to an activating group) is 1. The summed E-state index contributed by atoms with van der Waals surface area (Å²) in [4.78, 5) is 14.1. The summed E-state index contributed by atoms with van der Waals surface area (Å²) in [6.07, 6.45) is 3.06. The fourth-order valence-corrected chi connectivity index (χ4v) is 2.87. The summed E-state index contributed by atoms with van der Waals surface area (Å²) in [5.74, 6) is 0.857. The molecule has 0 spiro atoms. The van der Waals surface area contributed by atoms with Crippen molar-refractivity contribution in [2.45, 2.75) is 19.3 Å². The molecule has 1 amide bonds. The van der Waals surface area contributed by atoms with Crippen LogP contribution in [0.1, 0.15) is 19.3 Å². The molecule has 0 radical (unpaired) electrons. The van der Waals surface area contributed by atoms with Gasteiger partial charge in [-0.15, -0.1) is 0 Å². The van der Waals surface area contributed by atoms with Gasteiger partial charge in [0.2, 0.25) is 5.91 Å². The second kappa shape index (κ2) is 7.41. The van der Waals surface area contributed by atoms with Gasteiger partial charge in [0.1, 0.15) is 18.2 Å². The molecule has 4 nitrogen and oxygen atoms in total. The first-order valence-electron chi connectivity index (χ1n) is 7.45. The van der Waals surface area contributed by atoms with Crippen LogP contribution in [0.5, 0.6) is 5.75 Å². The minimum Gasteiger partial charge on any atom is -0.492 e. The van der Waals surface area contributed by atoms with Gasteiger partial charge in [0.05, 0.1) is 6.54 Å². The summed E-state index contributed by atoms with van der Waals surface area (Å²) in [7, 11) is 1.79. The van der Waals surface area contributed by atoms with Gasteiger partial charge in [-0.3, -0.25) is 4.79 Å². The molecule has 2 atom stereocenters. The van der Waals surface area contributed by atoms with Crippen LogP contribution in [0.25, 0.3) is 0 Å². The molecule has 1 aliphatic carbocycles. The van der Waals surface area contributed by atoms with Gasteiger partial charge < -0.3 is 15.4 Å². The lowest BCUT2D eigenvalue weighted by atomic mass is 9.95. The van der Waals surface area contributed by atoms with Gasteiger partial charge in [0, 0.05) is 13.0 Å². The minimum absolute atomic E-state index is 0.0609. The Balaban J connectivity index is 1.77. The zero-order valence-corrected chi connectivity index (χ0v) is 12.4. The number of hydrogen-bond acceptors (Lipinski definition) is 3. The summed E-state index contributed by atoms with van der Waals surface area (Å²) in [5.41, 5.74) is 5.72. The maximum atomic E-state index is 12.8. The molecule has 5 heteroatoms. The van der Waals surface area contributed by atoms with E-state index in [-0.39, 0.29) is 17.6 Å². The first-order chi connectivity index (χ1) is 10.1. The van der Waals surface area contributed by atoms with Gasteiger partial charge in [-0.1, -0.05) is 6.42 Å². The van der Waals surface area contributed by atoms with E-state index in [2.05, 4.69) is 0 Å². The molecule has 1 aliphatic rings. The highest BCUT2D eigenvalue weighted by atomic mass is 19.1. The highest BCUT2D eigenvalue weighted by Gasteiger charge is 2.33. The number of carbonyl (C=O) groups is 1. The Kier molecular flexibility index (Phi) is 5.56. The number of amides is 1. The summed E-state index contributed by atoms with van der Waals surface area (Å²) < 4.78 is 18.3. The second-order valence-corrected chi connectivity index (χ2v) is 5.60. The highest BCUT2D eigenvalue weighted by Crippen LogP contribution is 2.32. The second-order valence-electron chi connectivity index (χ2n) is 5.60. The maximum absolute atomic E-state index is 12.8. The smallest absolute Gasteiger partial charge is 0.225 e. The lowest BCUT2D eigenvalue weighted by molar-refractivity contribution is -0.135. The molecule has 1 aromatic rings. The van der Waals surface area contributed by atoms with E-state index in [1.54, 1.807) is 24.1 Å². The highest BCUT2D eigenvalue weighted by molar-refractivity contribution is 5.79. The summed E-state index contributed by atoms with van der Waals surface area (Å²) in [6.45, 7) is 1.49. The zero-order chi connectivity index (χ0) is 15.2. The Bertz CT molecular complexity index is 464. The average molecular weight is 294 g/mol. The number of ether oxygens (including phenoxy) is 1. The van der Waals surface area contributed by atoms with E-state index in [1.165, 1.54) is 12.1 Å². The van der Waals surface area contributed by atoms with Crippen molar-refractivity contribution in [1.82, 2.24) is 4.90 Å². The standard InChI is InChI=1S/C16H23FN2O2/c1-19(16(20)15-4-2-3-12(15)11-18)9-10-21-14-7-5-13(17)6-8-14/h5-8,12,15H,2-4,9-11,18H2,1H3. The van der Waals surface area contributed by atoms with Crippen LogP contribution in [0.3, 0.4) is 0 Å². The number of rotatable bonds is 6. The summed E-state index contributed by atoms with van der Waals surface area (Å²) >= 11 is 0. The average Bonchev–Trinajstić information content (AvgIpc) is 2.96. The number of halogens is 1. The Morgan fingerprint density at radius 2 is 2.10 bits per heavy atom. The Morgan fingerprint density at radius 3 is 2.76 bits per heavy atom. The third-order valence-electron chi connectivity index (χ3n) is 4.16. The van der Waals surface area contributed by atoms with Crippen molar-refractivity contribution >= 4 is 5.91 Å². The van der Waals surface area contributed by atoms with Crippen molar-refractivity contribution in [2.24, 2.45) is 17.6 Å². The number of hydrogen-bond donors (Lipinski definition) is 1. The molecule has 2 rings (SSSR count). The number of nitrogens with two attached hydrogens (primary N) is 1. The van der Waals surface area contributed by atoms with Crippen molar-refractivity contribution in [2.75, 3.05) is 26.7 Å². The van der Waals surface area contributed by atoms with E-state index < -0.39 is 0 Å². The van der Waals surface area contributed by atoms with Gasteiger partial charge >= 0.3 is 0 Å². The fraction of sp³-hybridized carbons (Fsp3) is 0.562. The minimum atomic E-state index is -0.288. The van der Waals surface area contributed by atoms with E-state index >= 15 is 0 Å². The van der Waals surface area contributed by atoms with Gasteiger partial charge in [0.15, 0.2) is 0 Å². The van der Waals surface area contributed by atoms with Gasteiger partial charge in [-0.25, -0.2) is 4.39 Å². The van der Waals surface area contributed by atoms with Crippen molar-refractivity contribution in [3.05, 3.63) is 30.1 Å². The Morgan fingerprint density at radius 1 is 1.38 bits per heavy atom. The lowest BCUT2D eigenvalue weighted by Gasteiger charge is -2.24. The van der Waals surface area contributed by atoms with Crippen LogP contribution in [0, 0.1) is 17.7 Å². The molecule has 1 saturated carbocycles. The van der Waals surface area contributed by atoms with Crippen LogP contribution in [0.15, 0.2) is 24.3 Å². The van der Waals surface area contributed by atoms with Crippen LogP contribution in [0.2, 0.25) is 0 Å². The first-order valence-corrected chi connectivity index (χ1v) is 7.45. The Hall–Kier alpha value is -1.62. The topological polar surface area (TPSA) is 55.6 Å².